The van der Waals surface area contributed by atoms with Crippen molar-refractivity contribution in [2.45, 2.75) is 71.2 Å². The van der Waals surface area contributed by atoms with E-state index in [1.165, 1.54) is 12.1 Å². The number of amides is 4. The number of carbonyl (C=O) groups excluding carboxylic acids is 3. The lowest BCUT2D eigenvalue weighted by Crippen LogP contribution is -2.76. The Balaban J connectivity index is 1.86. The van der Waals surface area contributed by atoms with E-state index in [9.17, 15) is 18.8 Å². The minimum Gasteiger partial charge on any atom is -0.334 e. The number of nitrogens with one attached hydrogen (secondary N) is 1. The average molecular weight is 448 g/mol. The normalized spacial score (nSPS) is 21.9. The third-order valence-electron chi connectivity index (χ3n) is 6.40. The summed E-state index contributed by atoms with van der Waals surface area (Å²) in [6.45, 7) is 6.64. The van der Waals surface area contributed by atoms with E-state index in [2.05, 4.69) is 5.32 Å². The summed E-state index contributed by atoms with van der Waals surface area (Å²) in [6.07, 6.45) is 2.38. The molecule has 2 atom stereocenters. The molecule has 9 heteroatoms. The lowest BCUT2D eigenvalue weighted by molar-refractivity contribution is -0.189. The van der Waals surface area contributed by atoms with E-state index < -0.39 is 12.2 Å². The first-order valence-corrected chi connectivity index (χ1v) is 11.5. The van der Waals surface area contributed by atoms with Crippen molar-refractivity contribution in [3.63, 3.8) is 0 Å². The van der Waals surface area contributed by atoms with Crippen molar-refractivity contribution in [1.29, 1.82) is 0 Å². The van der Waals surface area contributed by atoms with Gasteiger partial charge in [-0.25, -0.2) is 19.2 Å². The minimum atomic E-state index is -0.565. The van der Waals surface area contributed by atoms with Crippen LogP contribution in [0.5, 0.6) is 0 Å². The van der Waals surface area contributed by atoms with E-state index in [4.69, 9.17) is 0 Å². The van der Waals surface area contributed by atoms with Gasteiger partial charge in [0.05, 0.1) is 13.1 Å². The highest BCUT2D eigenvalue weighted by molar-refractivity contribution is 5.91. The zero-order valence-corrected chi connectivity index (χ0v) is 19.4. The van der Waals surface area contributed by atoms with Crippen LogP contribution in [0.1, 0.15) is 52.0 Å². The molecular formula is C23H34FN5O3. The van der Waals surface area contributed by atoms with Crippen LogP contribution in [0.25, 0.3) is 0 Å². The number of halogens is 1. The fourth-order valence-electron chi connectivity index (χ4n) is 4.73. The number of urea groups is 1. The molecule has 2 fully saturated rings. The van der Waals surface area contributed by atoms with E-state index in [1.54, 1.807) is 34.1 Å². The summed E-state index contributed by atoms with van der Waals surface area (Å²) in [5, 5.41) is 6.05. The predicted octanol–water partition coefficient (Wildman–Crippen LogP) is 2.55. The smallest absolute Gasteiger partial charge is 0.334 e. The maximum Gasteiger partial charge on any atom is 0.334 e. The van der Waals surface area contributed by atoms with Crippen LogP contribution < -0.4 is 5.32 Å². The van der Waals surface area contributed by atoms with E-state index in [0.29, 0.717) is 6.42 Å². The number of fused-ring (bicyclic) bond motifs is 1. The van der Waals surface area contributed by atoms with Gasteiger partial charge in [0, 0.05) is 19.6 Å². The van der Waals surface area contributed by atoms with Gasteiger partial charge in [-0.05, 0) is 37.0 Å². The Morgan fingerprint density at radius 1 is 1.16 bits per heavy atom. The number of carbonyl (C=O) groups is 3. The first-order valence-electron chi connectivity index (χ1n) is 11.5. The van der Waals surface area contributed by atoms with Gasteiger partial charge in [-0.1, -0.05) is 39.3 Å². The largest absolute Gasteiger partial charge is 0.334 e. The van der Waals surface area contributed by atoms with Crippen LogP contribution in [0.15, 0.2) is 24.3 Å². The second kappa shape index (κ2) is 10.3. The van der Waals surface area contributed by atoms with Crippen LogP contribution in [0.4, 0.5) is 9.18 Å². The maximum absolute atomic E-state index is 13.3. The van der Waals surface area contributed by atoms with Gasteiger partial charge >= 0.3 is 6.03 Å². The molecule has 0 radical (unpaired) electrons. The van der Waals surface area contributed by atoms with Crippen molar-refractivity contribution >= 4 is 17.8 Å². The van der Waals surface area contributed by atoms with Crippen LogP contribution in [0, 0.1) is 5.82 Å². The molecule has 0 aliphatic carbocycles. The third-order valence-corrected chi connectivity index (χ3v) is 6.40. The molecule has 1 N–H and O–H groups in total. The molecule has 4 amide bonds. The fraction of sp³-hybridized carbons (Fsp3) is 0.609. The quantitative estimate of drug-likeness (QED) is 0.697. The highest BCUT2D eigenvalue weighted by Crippen LogP contribution is 2.30. The third kappa shape index (κ3) is 4.72. The highest BCUT2D eigenvalue weighted by atomic mass is 19.1. The monoisotopic (exact) mass is 447 g/mol. The molecule has 0 aromatic heterocycles. The summed E-state index contributed by atoms with van der Waals surface area (Å²) in [6, 6.07) is 5.10. The van der Waals surface area contributed by atoms with Gasteiger partial charge in [0.15, 0.2) is 0 Å². The summed E-state index contributed by atoms with van der Waals surface area (Å²) in [7, 11) is 1.71. The van der Waals surface area contributed by atoms with Crippen LogP contribution in [0.2, 0.25) is 0 Å². The summed E-state index contributed by atoms with van der Waals surface area (Å²) in [5.74, 6) is -0.502. The molecule has 176 valence electrons. The Labute approximate surface area is 189 Å². The summed E-state index contributed by atoms with van der Waals surface area (Å²) < 4.78 is 13.2. The molecule has 2 saturated heterocycles. The Hall–Kier alpha value is -2.68. The minimum absolute atomic E-state index is 0.0265. The molecule has 2 aliphatic rings. The molecule has 32 heavy (non-hydrogen) atoms. The zero-order valence-electron chi connectivity index (χ0n) is 19.4. The summed E-state index contributed by atoms with van der Waals surface area (Å²) in [4.78, 5) is 43.0. The number of benzene rings is 1. The van der Waals surface area contributed by atoms with E-state index in [1.807, 2.05) is 25.7 Å². The average Bonchev–Trinajstić information content (AvgIpc) is 2.76. The van der Waals surface area contributed by atoms with Gasteiger partial charge in [0.1, 0.15) is 18.0 Å². The lowest BCUT2D eigenvalue weighted by Gasteiger charge is -2.55. The molecule has 1 aromatic rings. The van der Waals surface area contributed by atoms with Crippen molar-refractivity contribution in [1.82, 2.24) is 25.1 Å². The summed E-state index contributed by atoms with van der Waals surface area (Å²) >= 11 is 0. The van der Waals surface area contributed by atoms with Crippen LogP contribution in [-0.4, -0.2) is 76.0 Å². The van der Waals surface area contributed by atoms with E-state index in [0.717, 1.165) is 24.8 Å². The Bertz CT molecular complexity index is 829. The fourth-order valence-corrected chi connectivity index (χ4v) is 4.73. The molecule has 2 heterocycles. The molecular weight excluding hydrogens is 413 g/mol. The molecule has 0 spiro atoms. The molecule has 3 rings (SSSR count). The lowest BCUT2D eigenvalue weighted by atomic mass is 9.99. The number of likely N-dealkylation sites (N-methyl/N-ethyl adjacent to an activating group) is 1. The van der Waals surface area contributed by atoms with Gasteiger partial charge in [-0.2, -0.15) is 0 Å². The van der Waals surface area contributed by atoms with Gasteiger partial charge in [-0.3, -0.25) is 9.59 Å². The van der Waals surface area contributed by atoms with Crippen molar-refractivity contribution in [2.24, 2.45) is 0 Å². The standard InChI is InChI=1S/C23H34FN5O3/c1-5-8-19-22(31)27(18(6-2)7-3)14-20-28(19)21(30)15-26(4)29(20)23(32)25-13-16-9-11-17(24)12-10-16/h9-12,18-20H,5-8,13-15H2,1-4H3,(H,25,32)/t19-,20-/m0/s1. The Morgan fingerprint density at radius 2 is 1.81 bits per heavy atom. The SMILES string of the molecule is CCC[C@H]1C(=O)N(C(CC)CC)C[C@H]2N1C(=O)CN(C)N2C(=O)NCc1ccc(F)cc1. The topological polar surface area (TPSA) is 76.2 Å². The van der Waals surface area contributed by atoms with Gasteiger partial charge in [0.2, 0.25) is 11.8 Å². The predicted molar refractivity (Wildman–Crippen MR) is 119 cm³/mol. The number of hydrogen-bond acceptors (Lipinski definition) is 4. The van der Waals surface area contributed by atoms with Gasteiger partial charge < -0.3 is 15.1 Å². The molecule has 0 unspecified atom stereocenters. The molecule has 0 saturated carbocycles. The van der Waals surface area contributed by atoms with Crippen molar-refractivity contribution in [2.75, 3.05) is 20.1 Å². The van der Waals surface area contributed by atoms with E-state index >= 15 is 0 Å². The second-order valence-electron chi connectivity index (χ2n) is 8.49. The Kier molecular flexibility index (Phi) is 7.71. The van der Waals surface area contributed by atoms with Crippen LogP contribution in [-0.2, 0) is 16.1 Å². The number of rotatable bonds is 7. The maximum atomic E-state index is 13.3. The van der Waals surface area contributed by atoms with Crippen molar-refractivity contribution in [3.8, 4) is 0 Å². The zero-order chi connectivity index (χ0) is 23.4. The summed E-state index contributed by atoms with van der Waals surface area (Å²) in [5.41, 5.74) is 0.772. The van der Waals surface area contributed by atoms with Crippen LogP contribution in [0.3, 0.4) is 0 Å². The number of hydrogen-bond donors (Lipinski definition) is 1. The van der Waals surface area contributed by atoms with E-state index in [-0.39, 0.29) is 49.3 Å². The highest BCUT2D eigenvalue weighted by Gasteiger charge is 2.51. The Morgan fingerprint density at radius 3 is 2.41 bits per heavy atom. The first kappa shape index (κ1) is 24.0. The molecule has 1 aromatic carbocycles. The molecule has 2 aliphatic heterocycles. The van der Waals surface area contributed by atoms with Gasteiger partial charge in [0.25, 0.3) is 0 Å². The molecule has 8 nitrogen and oxygen atoms in total. The van der Waals surface area contributed by atoms with Crippen molar-refractivity contribution in [3.05, 3.63) is 35.6 Å². The first-order chi connectivity index (χ1) is 15.3. The second-order valence-corrected chi connectivity index (χ2v) is 8.49. The van der Waals surface area contributed by atoms with Crippen molar-refractivity contribution < 1.29 is 18.8 Å². The number of nitrogens with zero attached hydrogens (tertiary/aromatic N) is 4. The molecule has 0 bridgehead atoms. The number of hydrazine groups is 1. The van der Waals surface area contributed by atoms with Crippen LogP contribution >= 0.6 is 0 Å². The van der Waals surface area contributed by atoms with Gasteiger partial charge in [-0.15, -0.1) is 0 Å². The number of piperazine rings is 1.